The second-order valence-electron chi connectivity index (χ2n) is 4.12. The third-order valence-corrected chi connectivity index (χ3v) is 3.16. The largest absolute Gasteiger partial charge is 0.341 e. The van der Waals surface area contributed by atoms with Gasteiger partial charge in [-0.2, -0.15) is 0 Å². The molecular formula is C12H13ClN4O2. The van der Waals surface area contributed by atoms with Crippen molar-refractivity contribution >= 4 is 17.3 Å². The summed E-state index contributed by atoms with van der Waals surface area (Å²) in [5, 5.41) is 11.0. The number of nitrogens with one attached hydrogen (secondary N) is 1. The standard InChI is InChI=1S/C12H13ClN4O2/c1-2-9(14)12-15-6-10(16-12)7-3-4-8(13)11(5-7)17(18)19/h3-6,9H,2,14H2,1H3,(H,15,16). The number of H-pyrrole nitrogens is 1. The fourth-order valence-electron chi connectivity index (χ4n) is 1.69. The Morgan fingerprint density at radius 1 is 1.58 bits per heavy atom. The smallest absolute Gasteiger partial charge is 0.288 e. The molecule has 100 valence electrons. The summed E-state index contributed by atoms with van der Waals surface area (Å²) in [6.07, 6.45) is 2.37. The van der Waals surface area contributed by atoms with Gasteiger partial charge >= 0.3 is 0 Å². The number of aromatic amines is 1. The molecule has 0 aliphatic carbocycles. The van der Waals surface area contributed by atoms with Crippen molar-refractivity contribution in [2.24, 2.45) is 5.73 Å². The number of hydrogen-bond donors (Lipinski definition) is 2. The third-order valence-electron chi connectivity index (χ3n) is 2.84. The summed E-state index contributed by atoms with van der Waals surface area (Å²) < 4.78 is 0. The maximum Gasteiger partial charge on any atom is 0.288 e. The van der Waals surface area contributed by atoms with E-state index in [1.807, 2.05) is 6.92 Å². The van der Waals surface area contributed by atoms with Crippen molar-refractivity contribution in [2.75, 3.05) is 0 Å². The number of nitrogens with two attached hydrogens (primary N) is 1. The Bertz CT molecular complexity index is 612. The van der Waals surface area contributed by atoms with Gasteiger partial charge in [-0.05, 0) is 12.5 Å². The van der Waals surface area contributed by atoms with Crippen LogP contribution in [0, 0.1) is 10.1 Å². The number of hydrogen-bond acceptors (Lipinski definition) is 4. The first-order chi connectivity index (χ1) is 9.02. The highest BCUT2D eigenvalue weighted by atomic mass is 35.5. The number of nitro groups is 1. The number of nitro benzene ring substituents is 1. The number of rotatable bonds is 4. The summed E-state index contributed by atoms with van der Waals surface area (Å²) in [6, 6.07) is 4.44. The van der Waals surface area contributed by atoms with Crippen LogP contribution in [-0.2, 0) is 0 Å². The van der Waals surface area contributed by atoms with Gasteiger partial charge in [0.2, 0.25) is 0 Å². The summed E-state index contributed by atoms with van der Waals surface area (Å²) in [4.78, 5) is 17.6. The van der Waals surface area contributed by atoms with Gasteiger partial charge in [-0.3, -0.25) is 10.1 Å². The zero-order valence-electron chi connectivity index (χ0n) is 10.3. The van der Waals surface area contributed by atoms with Crippen LogP contribution >= 0.6 is 11.6 Å². The molecule has 1 heterocycles. The number of halogens is 1. The molecule has 1 unspecified atom stereocenters. The van der Waals surface area contributed by atoms with Crippen LogP contribution < -0.4 is 5.73 Å². The Kier molecular flexibility index (Phi) is 3.82. The minimum atomic E-state index is -0.513. The third kappa shape index (κ3) is 2.74. The van der Waals surface area contributed by atoms with E-state index in [-0.39, 0.29) is 16.8 Å². The summed E-state index contributed by atoms with van der Waals surface area (Å²) in [7, 11) is 0. The van der Waals surface area contributed by atoms with E-state index in [0.29, 0.717) is 17.1 Å². The van der Waals surface area contributed by atoms with Crippen molar-refractivity contribution < 1.29 is 4.92 Å². The van der Waals surface area contributed by atoms with E-state index >= 15 is 0 Å². The zero-order chi connectivity index (χ0) is 14.0. The molecular weight excluding hydrogens is 268 g/mol. The molecule has 0 aliphatic rings. The molecule has 1 aromatic carbocycles. The van der Waals surface area contributed by atoms with Gasteiger partial charge in [-0.1, -0.05) is 24.6 Å². The van der Waals surface area contributed by atoms with E-state index in [4.69, 9.17) is 17.3 Å². The molecule has 0 bridgehead atoms. The van der Waals surface area contributed by atoms with Gasteiger partial charge in [0, 0.05) is 11.6 Å². The second-order valence-corrected chi connectivity index (χ2v) is 4.53. The molecule has 6 nitrogen and oxygen atoms in total. The summed E-state index contributed by atoms with van der Waals surface area (Å²) >= 11 is 5.77. The predicted octanol–water partition coefficient (Wildman–Crippen LogP) is 3.05. The van der Waals surface area contributed by atoms with Crippen molar-refractivity contribution in [3.05, 3.63) is 45.4 Å². The molecule has 19 heavy (non-hydrogen) atoms. The molecule has 0 saturated carbocycles. The lowest BCUT2D eigenvalue weighted by Gasteiger charge is -2.04. The SMILES string of the molecule is CCC(N)c1ncc(-c2ccc(Cl)c([N+](=O)[O-])c2)[nH]1. The topological polar surface area (TPSA) is 97.8 Å². The average molecular weight is 281 g/mol. The van der Waals surface area contributed by atoms with Crippen LogP contribution in [0.4, 0.5) is 5.69 Å². The number of nitrogens with zero attached hydrogens (tertiary/aromatic N) is 2. The monoisotopic (exact) mass is 280 g/mol. The van der Waals surface area contributed by atoms with E-state index < -0.39 is 4.92 Å². The fourth-order valence-corrected chi connectivity index (χ4v) is 1.87. The summed E-state index contributed by atoms with van der Waals surface area (Å²) in [5.41, 5.74) is 7.07. The Morgan fingerprint density at radius 2 is 2.32 bits per heavy atom. The summed E-state index contributed by atoms with van der Waals surface area (Å²) in [6.45, 7) is 1.96. The molecule has 0 spiro atoms. The highest BCUT2D eigenvalue weighted by Gasteiger charge is 2.15. The molecule has 1 aromatic heterocycles. The van der Waals surface area contributed by atoms with Gasteiger partial charge in [-0.25, -0.2) is 4.98 Å². The maximum atomic E-state index is 10.8. The van der Waals surface area contributed by atoms with Crippen LogP contribution in [0.5, 0.6) is 0 Å². The van der Waals surface area contributed by atoms with Gasteiger partial charge in [0.15, 0.2) is 0 Å². The van der Waals surface area contributed by atoms with Crippen LogP contribution in [0.3, 0.4) is 0 Å². The predicted molar refractivity (Wildman–Crippen MR) is 72.9 cm³/mol. The van der Waals surface area contributed by atoms with E-state index in [2.05, 4.69) is 9.97 Å². The van der Waals surface area contributed by atoms with Crippen LogP contribution in [0.2, 0.25) is 5.02 Å². The van der Waals surface area contributed by atoms with E-state index in [9.17, 15) is 10.1 Å². The normalized spacial score (nSPS) is 12.4. The van der Waals surface area contributed by atoms with E-state index in [1.165, 1.54) is 12.1 Å². The van der Waals surface area contributed by atoms with Crippen LogP contribution in [-0.4, -0.2) is 14.9 Å². The molecule has 3 N–H and O–H groups in total. The molecule has 0 aliphatic heterocycles. The highest BCUT2D eigenvalue weighted by Crippen LogP contribution is 2.29. The van der Waals surface area contributed by atoms with Gasteiger partial charge in [0.25, 0.3) is 5.69 Å². The average Bonchev–Trinajstić information content (AvgIpc) is 2.87. The van der Waals surface area contributed by atoms with Crippen molar-refractivity contribution in [1.29, 1.82) is 0 Å². The van der Waals surface area contributed by atoms with Crippen molar-refractivity contribution in [3.8, 4) is 11.3 Å². The second kappa shape index (κ2) is 5.38. The first-order valence-electron chi connectivity index (χ1n) is 5.77. The first-order valence-corrected chi connectivity index (χ1v) is 6.15. The number of benzene rings is 1. The minimum Gasteiger partial charge on any atom is -0.341 e. The lowest BCUT2D eigenvalue weighted by atomic mass is 10.1. The molecule has 7 heteroatoms. The van der Waals surface area contributed by atoms with Crippen LogP contribution in [0.1, 0.15) is 25.2 Å². The zero-order valence-corrected chi connectivity index (χ0v) is 11.0. The molecule has 0 fully saturated rings. The van der Waals surface area contributed by atoms with Gasteiger partial charge in [0.1, 0.15) is 10.8 Å². The molecule has 2 aromatic rings. The Morgan fingerprint density at radius 3 is 2.95 bits per heavy atom. The minimum absolute atomic E-state index is 0.110. The molecule has 0 saturated heterocycles. The molecule has 0 radical (unpaired) electrons. The first kappa shape index (κ1) is 13.5. The fraction of sp³-hybridized carbons (Fsp3) is 0.250. The molecule has 2 rings (SSSR count). The van der Waals surface area contributed by atoms with Crippen LogP contribution in [0.15, 0.2) is 24.4 Å². The number of aromatic nitrogens is 2. The van der Waals surface area contributed by atoms with Gasteiger partial charge in [0.05, 0.1) is 22.9 Å². The van der Waals surface area contributed by atoms with Crippen molar-refractivity contribution in [2.45, 2.75) is 19.4 Å². The molecule has 0 amide bonds. The van der Waals surface area contributed by atoms with Crippen molar-refractivity contribution in [1.82, 2.24) is 9.97 Å². The van der Waals surface area contributed by atoms with Crippen LogP contribution in [0.25, 0.3) is 11.3 Å². The quantitative estimate of drug-likeness (QED) is 0.664. The number of imidazole rings is 1. The maximum absolute atomic E-state index is 10.8. The highest BCUT2D eigenvalue weighted by molar-refractivity contribution is 6.32. The lowest BCUT2D eigenvalue weighted by Crippen LogP contribution is -2.10. The Labute approximate surface area is 114 Å². The van der Waals surface area contributed by atoms with Gasteiger partial charge < -0.3 is 10.7 Å². The van der Waals surface area contributed by atoms with E-state index in [1.54, 1.807) is 12.3 Å². The van der Waals surface area contributed by atoms with Gasteiger partial charge in [-0.15, -0.1) is 0 Å². The Hall–Kier alpha value is -1.92. The lowest BCUT2D eigenvalue weighted by molar-refractivity contribution is -0.384. The van der Waals surface area contributed by atoms with E-state index in [0.717, 1.165) is 6.42 Å². The summed E-state index contributed by atoms with van der Waals surface area (Å²) in [5.74, 6) is 0.662. The Balaban J connectivity index is 2.39. The van der Waals surface area contributed by atoms with Crippen molar-refractivity contribution in [3.63, 3.8) is 0 Å². The molecule has 1 atom stereocenters.